The molecule has 0 unspecified atom stereocenters. The Balaban J connectivity index is 0.910. The highest BCUT2D eigenvalue weighted by Crippen LogP contribution is 2.44. The number of carbonyl (C=O) groups excluding carboxylic acids is 1. The summed E-state index contributed by atoms with van der Waals surface area (Å²) in [6, 6.07) is 130. The van der Waals surface area contributed by atoms with Crippen LogP contribution in [0.5, 0.6) is 0 Å². The van der Waals surface area contributed by atoms with E-state index in [1.54, 1.807) is 24.3 Å². The Kier molecular flexibility index (Phi) is 32.9. The van der Waals surface area contributed by atoms with Crippen molar-refractivity contribution >= 4 is 24.7 Å². The summed E-state index contributed by atoms with van der Waals surface area (Å²) in [5.74, 6) is -0.677. The Labute approximate surface area is 759 Å². The van der Waals surface area contributed by atoms with Crippen LogP contribution in [-0.2, 0) is 142 Å². The minimum absolute atomic E-state index is 0.0176. The van der Waals surface area contributed by atoms with Crippen molar-refractivity contribution in [1.82, 2.24) is 0 Å². The third-order valence-corrected chi connectivity index (χ3v) is 28.8. The molecule has 13 aromatic rings. The summed E-state index contributed by atoms with van der Waals surface area (Å²) in [5, 5.41) is 1.66. The van der Waals surface area contributed by atoms with Crippen LogP contribution in [-0.4, -0.2) is 126 Å². The molecular weight excluding hydrogens is 1630 g/mol. The first-order chi connectivity index (χ1) is 63.5. The molecule has 1 saturated carbocycles. The number of benzene rings is 13. The van der Waals surface area contributed by atoms with Crippen LogP contribution in [0.1, 0.15) is 86.8 Å². The zero-order chi connectivity index (χ0) is 88.1. The molecule has 0 N–H and O–H groups in total. The Hall–Kier alpha value is -11.1. The molecule has 2 aliphatic heterocycles. The molecule has 2 saturated heterocycles. The quantitative estimate of drug-likeness (QED) is 0.0262. The zero-order valence-corrected chi connectivity index (χ0v) is 74.2. The van der Waals surface area contributed by atoms with Crippen LogP contribution in [0.2, 0.25) is 5.04 Å². The largest absolute Gasteiger partial charge is 0.450 e. The van der Waals surface area contributed by atoms with Gasteiger partial charge in [0.1, 0.15) is 79.4 Å². The smallest absolute Gasteiger partial charge is 0.338 e. The molecule has 0 bridgehead atoms. The second-order valence-corrected chi connectivity index (χ2v) is 38.2. The molecule has 129 heavy (non-hydrogen) atoms. The van der Waals surface area contributed by atoms with Crippen LogP contribution in [0, 0.1) is 0 Å². The fraction of sp³-hybridized carbons (Fsp3) is 0.288. The molecule has 17 nitrogen and oxygen atoms in total. The Morgan fingerprint density at radius 3 is 0.760 bits per heavy atom. The number of carbonyl (C=O) groups is 1. The molecule has 16 atom stereocenters. The summed E-state index contributed by atoms with van der Waals surface area (Å²) in [4.78, 5) is 15.7. The van der Waals surface area contributed by atoms with E-state index in [2.05, 4.69) is 81.4 Å². The van der Waals surface area contributed by atoms with Crippen molar-refractivity contribution in [2.75, 3.05) is 13.2 Å². The minimum atomic E-state index is -3.43. The van der Waals surface area contributed by atoms with Gasteiger partial charge in [-0.3, -0.25) is 0 Å². The average Bonchev–Trinajstić information content (AvgIpc) is 0.743. The predicted molar refractivity (Wildman–Crippen MR) is 498 cm³/mol. The van der Waals surface area contributed by atoms with E-state index in [-0.39, 0.29) is 84.8 Å². The number of ether oxygens (including phenoxy) is 15. The monoisotopic (exact) mass is 1750 g/mol. The van der Waals surface area contributed by atoms with E-state index in [4.69, 9.17) is 75.5 Å². The Morgan fingerprint density at radius 2 is 0.465 bits per heavy atom. The van der Waals surface area contributed by atoms with Crippen molar-refractivity contribution in [1.29, 1.82) is 0 Å². The van der Waals surface area contributed by atoms with E-state index < -0.39 is 117 Å². The summed E-state index contributed by atoms with van der Waals surface area (Å²) >= 11 is 0. The fourth-order valence-corrected chi connectivity index (χ4v) is 21.9. The molecule has 2 heterocycles. The van der Waals surface area contributed by atoms with Gasteiger partial charge in [0.2, 0.25) is 0 Å². The first-order valence-corrected chi connectivity index (χ1v) is 46.6. The molecule has 1 aliphatic carbocycles. The second kappa shape index (κ2) is 46.5. The summed E-state index contributed by atoms with van der Waals surface area (Å²) in [7, 11) is -3.43. The van der Waals surface area contributed by atoms with Gasteiger partial charge in [0.25, 0.3) is 8.32 Å². The summed E-state index contributed by atoms with van der Waals surface area (Å²) < 4.78 is 123. The maximum absolute atomic E-state index is 15.7. The van der Waals surface area contributed by atoms with Crippen molar-refractivity contribution in [2.45, 2.75) is 190 Å². The molecule has 0 amide bonds. The second-order valence-electron chi connectivity index (χ2n) is 33.8. The highest BCUT2D eigenvalue weighted by atomic mass is 28.4. The third kappa shape index (κ3) is 24.5. The summed E-state index contributed by atoms with van der Waals surface area (Å²) in [6.45, 7) is 7.55. The fourth-order valence-electron chi connectivity index (χ4n) is 17.3. The van der Waals surface area contributed by atoms with Crippen LogP contribution in [0.4, 0.5) is 0 Å². The highest BCUT2D eigenvalue weighted by Gasteiger charge is 2.62. The van der Waals surface area contributed by atoms with Crippen molar-refractivity contribution in [2.24, 2.45) is 0 Å². The Morgan fingerprint density at radius 1 is 0.248 bits per heavy atom. The molecular formula is C111H114O17Si. The zero-order valence-electron chi connectivity index (χ0n) is 73.2. The van der Waals surface area contributed by atoms with Crippen LogP contribution in [0.15, 0.2) is 394 Å². The van der Waals surface area contributed by atoms with E-state index in [0.29, 0.717) is 0 Å². The lowest BCUT2D eigenvalue weighted by atomic mass is 9.83. The van der Waals surface area contributed by atoms with Gasteiger partial charge in [-0.15, -0.1) is 0 Å². The normalized spacial score (nSPS) is 23.0. The first kappa shape index (κ1) is 91.3. The molecule has 18 heteroatoms. The third-order valence-electron chi connectivity index (χ3n) is 23.8. The molecule has 3 fully saturated rings. The Bertz CT molecular complexity index is 5330. The molecule has 0 aromatic heterocycles. The average molecular weight is 1750 g/mol. The van der Waals surface area contributed by atoms with Crippen molar-refractivity contribution in [3.05, 3.63) is 456 Å². The van der Waals surface area contributed by atoms with E-state index in [1.807, 2.05) is 309 Å². The summed E-state index contributed by atoms with van der Waals surface area (Å²) in [6.07, 6.45) is -19.3. The molecule has 0 spiro atoms. The van der Waals surface area contributed by atoms with Gasteiger partial charge in [0.05, 0.1) is 84.8 Å². The van der Waals surface area contributed by atoms with E-state index >= 15 is 4.79 Å². The van der Waals surface area contributed by atoms with Gasteiger partial charge >= 0.3 is 5.97 Å². The van der Waals surface area contributed by atoms with Gasteiger partial charge in [0, 0.05) is 0 Å². The molecule has 664 valence electrons. The van der Waals surface area contributed by atoms with Gasteiger partial charge in [-0.1, -0.05) is 403 Å². The topological polar surface area (TPSA) is 165 Å². The molecule has 3 aliphatic rings. The minimum Gasteiger partial charge on any atom is -0.450 e. The first-order valence-electron chi connectivity index (χ1n) is 44.7. The van der Waals surface area contributed by atoms with Gasteiger partial charge in [0.15, 0.2) is 18.7 Å². The van der Waals surface area contributed by atoms with E-state index in [9.17, 15) is 0 Å². The van der Waals surface area contributed by atoms with E-state index in [1.165, 1.54) is 0 Å². The van der Waals surface area contributed by atoms with Gasteiger partial charge in [-0.05, 0) is 83.2 Å². The lowest BCUT2D eigenvalue weighted by Crippen LogP contribution is -2.71. The van der Waals surface area contributed by atoms with Gasteiger partial charge in [-0.25, -0.2) is 4.79 Å². The SMILES string of the molecule is CC(C)(C)[Si](OC[C@H]1O[C@H](O[C@H]2[C@@H](OCc3ccccc3)[C@H](O[C@H]3O[C@H](COCc4ccccc4)[C@@H](OCc4ccccc4)[C@H](OCc4ccccc4)[C@@H]3OC(=O)c3ccccc3)[C@@H](OCc3ccccc3)[C@H](OCc3ccccc3)[C@H]2OCc2ccccc2)[C@@H](OCc2ccccc2)[C@@H](OCc2ccccc2)[C@@H]1OCc1ccccc1)(c1ccccc1)c1ccccc1. The van der Waals surface area contributed by atoms with Gasteiger partial charge < -0.3 is 75.5 Å². The standard InChI is InChI=1S/C111H114O17Si/c1-111(2,3)129(92-65-39-15-40-66-92,93-67-41-16-42-68-93)123-80-95-97(115-71-83-47-21-6-22-48-83)98(116-72-84-49-23-7-24-50-84)106(122-78-90-61-35-13-36-62-90)109(125-95)127-104-101(119-75-87-55-29-10-30-56-87)100(118-74-86-53-27-9-28-54-86)102(120-76-88-57-31-11-32-58-88)105(103(104)121-77-89-59-33-12-34-60-89)128-110-107(126-108(112)91-63-37-14-38-64-91)99(117-73-85-51-25-8-26-52-85)96(114-70-82-45-19-5-20-46-82)94(124-110)79-113-69-81-43-17-4-18-44-81/h4-68,94-107,109-110H,69-80H2,1-3H3/t94-,95-,96-,97-,98+,99+,100-,101-,102+,103-,104-,105-,106+,107+,109-,110-/m1/s1. The van der Waals surface area contributed by atoms with Crippen LogP contribution < -0.4 is 10.4 Å². The maximum atomic E-state index is 15.7. The van der Waals surface area contributed by atoms with E-state index in [0.717, 1.165) is 66.0 Å². The van der Waals surface area contributed by atoms with Crippen molar-refractivity contribution < 1.29 is 80.3 Å². The number of hydrogen-bond donors (Lipinski definition) is 0. The highest BCUT2D eigenvalue weighted by molar-refractivity contribution is 6.99. The predicted octanol–water partition coefficient (Wildman–Crippen LogP) is 19.5. The molecule has 16 rings (SSSR count). The number of esters is 1. The lowest BCUT2D eigenvalue weighted by molar-refractivity contribution is -0.381. The lowest BCUT2D eigenvalue weighted by Gasteiger charge is -2.54. The van der Waals surface area contributed by atoms with Gasteiger partial charge in [-0.2, -0.15) is 0 Å². The van der Waals surface area contributed by atoms with Crippen molar-refractivity contribution in [3.63, 3.8) is 0 Å². The molecule has 0 radical (unpaired) electrons. The van der Waals surface area contributed by atoms with Crippen LogP contribution in [0.25, 0.3) is 0 Å². The number of rotatable bonds is 42. The number of hydrogen-bond acceptors (Lipinski definition) is 17. The van der Waals surface area contributed by atoms with Crippen LogP contribution >= 0.6 is 0 Å². The van der Waals surface area contributed by atoms with Crippen LogP contribution in [0.3, 0.4) is 0 Å². The summed E-state index contributed by atoms with van der Waals surface area (Å²) in [5.41, 5.74) is 9.02. The maximum Gasteiger partial charge on any atom is 0.338 e. The molecule has 13 aromatic carbocycles. The van der Waals surface area contributed by atoms with Crippen molar-refractivity contribution in [3.8, 4) is 0 Å².